The Balaban J connectivity index is 1.89. The van der Waals surface area contributed by atoms with Crippen molar-refractivity contribution < 1.29 is 33.0 Å². The van der Waals surface area contributed by atoms with Gasteiger partial charge in [0.15, 0.2) is 18.1 Å². The number of carbonyl (C=O) groups excluding carboxylic acids is 3. The van der Waals surface area contributed by atoms with E-state index in [4.69, 9.17) is 9.47 Å². The Hall–Kier alpha value is -3.47. The van der Waals surface area contributed by atoms with Crippen molar-refractivity contribution in [1.82, 2.24) is 5.43 Å². The van der Waals surface area contributed by atoms with Crippen molar-refractivity contribution in [3.05, 3.63) is 52.3 Å². The van der Waals surface area contributed by atoms with Crippen LogP contribution in [0.1, 0.15) is 25.3 Å². The van der Waals surface area contributed by atoms with Crippen molar-refractivity contribution >= 4 is 45.6 Å². The Bertz CT molecular complexity index is 1010. The zero-order valence-electron chi connectivity index (χ0n) is 18.0. The molecule has 0 spiro atoms. The second-order valence-electron chi connectivity index (χ2n) is 6.48. The van der Waals surface area contributed by atoms with Crippen LogP contribution in [-0.2, 0) is 19.1 Å². The maximum absolute atomic E-state index is 12.9. The first-order valence-electron chi connectivity index (χ1n) is 9.85. The van der Waals surface area contributed by atoms with E-state index in [9.17, 15) is 18.8 Å². The lowest BCUT2D eigenvalue weighted by molar-refractivity contribution is -0.143. The number of carbonyl (C=O) groups is 3. The fourth-order valence-electron chi connectivity index (χ4n) is 2.47. The van der Waals surface area contributed by atoms with Crippen LogP contribution in [0.4, 0.5) is 10.1 Å². The van der Waals surface area contributed by atoms with Gasteiger partial charge in [0, 0.05) is 18.5 Å². The Labute approximate surface area is 198 Å². The number of nitrogens with zero attached hydrogens (tertiary/aromatic N) is 1. The van der Waals surface area contributed by atoms with Crippen LogP contribution in [0.3, 0.4) is 0 Å². The number of hydrogen-bond acceptors (Lipinski definition) is 7. The predicted molar refractivity (Wildman–Crippen MR) is 123 cm³/mol. The summed E-state index contributed by atoms with van der Waals surface area (Å²) in [7, 11) is 1.26. The molecule has 176 valence electrons. The predicted octanol–water partition coefficient (Wildman–Crippen LogP) is 3.41. The fraction of sp³-hybridized carbons (Fsp3) is 0.273. The van der Waals surface area contributed by atoms with Crippen LogP contribution in [0.2, 0.25) is 0 Å². The summed E-state index contributed by atoms with van der Waals surface area (Å²) in [5.41, 5.74) is 3.37. The number of esters is 1. The maximum atomic E-state index is 12.9. The molecular formula is C22H23BrFN3O6. The smallest absolute Gasteiger partial charge is 0.343 e. The molecule has 2 N–H and O–H groups in total. The molecule has 0 heterocycles. The fourth-order valence-corrected chi connectivity index (χ4v) is 3.05. The molecule has 2 rings (SSSR count). The lowest BCUT2D eigenvalue weighted by atomic mass is 10.2. The third-order valence-electron chi connectivity index (χ3n) is 4.00. The molecule has 0 fully saturated rings. The minimum atomic E-state index is -0.538. The minimum absolute atomic E-state index is 0.0645. The molecule has 0 saturated carbocycles. The summed E-state index contributed by atoms with van der Waals surface area (Å²) in [5.74, 6) is -1.08. The number of hydrazone groups is 1. The van der Waals surface area contributed by atoms with E-state index < -0.39 is 17.7 Å². The summed E-state index contributed by atoms with van der Waals surface area (Å²) in [5, 5.41) is 6.46. The van der Waals surface area contributed by atoms with E-state index in [0.717, 1.165) is 0 Å². The van der Waals surface area contributed by atoms with E-state index in [1.54, 1.807) is 19.1 Å². The van der Waals surface area contributed by atoms with Crippen LogP contribution in [0, 0.1) is 5.82 Å². The molecule has 0 aliphatic heterocycles. The van der Waals surface area contributed by atoms with Crippen molar-refractivity contribution in [2.75, 3.05) is 25.6 Å². The number of ether oxygens (including phenoxy) is 3. The van der Waals surface area contributed by atoms with Crippen molar-refractivity contribution in [3.8, 4) is 11.5 Å². The number of nitrogens with one attached hydrogen (secondary N) is 2. The van der Waals surface area contributed by atoms with E-state index in [0.29, 0.717) is 33.8 Å². The van der Waals surface area contributed by atoms with Crippen LogP contribution in [-0.4, -0.2) is 44.3 Å². The first-order chi connectivity index (χ1) is 15.8. The quantitative estimate of drug-likeness (QED) is 0.265. The Morgan fingerprint density at radius 1 is 1.09 bits per heavy atom. The highest BCUT2D eigenvalue weighted by Gasteiger charge is 2.14. The monoisotopic (exact) mass is 523 g/mol. The largest absolute Gasteiger partial charge is 0.490 e. The number of amides is 2. The van der Waals surface area contributed by atoms with Gasteiger partial charge in [-0.3, -0.25) is 9.59 Å². The molecule has 2 amide bonds. The van der Waals surface area contributed by atoms with Crippen molar-refractivity contribution in [1.29, 1.82) is 0 Å². The molecular weight excluding hydrogens is 501 g/mol. The van der Waals surface area contributed by atoms with E-state index in [-0.39, 0.29) is 25.4 Å². The Kier molecular flexibility index (Phi) is 10.3. The van der Waals surface area contributed by atoms with E-state index >= 15 is 0 Å². The number of rotatable bonds is 11. The Morgan fingerprint density at radius 2 is 1.79 bits per heavy atom. The zero-order valence-corrected chi connectivity index (χ0v) is 19.6. The first-order valence-corrected chi connectivity index (χ1v) is 10.6. The first kappa shape index (κ1) is 25.8. The summed E-state index contributed by atoms with van der Waals surface area (Å²) in [4.78, 5) is 35.2. The second kappa shape index (κ2) is 13.2. The van der Waals surface area contributed by atoms with Gasteiger partial charge in [0.05, 0.1) is 24.4 Å². The highest BCUT2D eigenvalue weighted by Crippen LogP contribution is 2.36. The van der Waals surface area contributed by atoms with Crippen molar-refractivity contribution in [2.24, 2.45) is 5.10 Å². The van der Waals surface area contributed by atoms with Gasteiger partial charge < -0.3 is 19.5 Å². The van der Waals surface area contributed by atoms with Crippen molar-refractivity contribution in [3.63, 3.8) is 0 Å². The Morgan fingerprint density at radius 3 is 2.45 bits per heavy atom. The molecule has 0 unspecified atom stereocenters. The molecule has 0 saturated heterocycles. The number of anilines is 1. The number of hydrogen-bond donors (Lipinski definition) is 2. The van der Waals surface area contributed by atoms with Gasteiger partial charge in [-0.25, -0.2) is 14.6 Å². The zero-order chi connectivity index (χ0) is 24.2. The molecule has 9 nitrogen and oxygen atoms in total. The molecule has 0 aliphatic rings. The van der Waals surface area contributed by atoms with Crippen LogP contribution in [0.25, 0.3) is 0 Å². The highest BCUT2D eigenvalue weighted by molar-refractivity contribution is 9.10. The summed E-state index contributed by atoms with van der Waals surface area (Å²) in [6, 6.07) is 8.61. The lowest BCUT2D eigenvalue weighted by Crippen LogP contribution is -2.20. The molecule has 33 heavy (non-hydrogen) atoms. The molecule has 2 aromatic carbocycles. The van der Waals surface area contributed by atoms with Gasteiger partial charge in [0.1, 0.15) is 5.82 Å². The van der Waals surface area contributed by atoms with Gasteiger partial charge in [0.25, 0.3) is 0 Å². The van der Waals surface area contributed by atoms with Gasteiger partial charge in [-0.15, -0.1) is 0 Å². The van der Waals surface area contributed by atoms with Crippen LogP contribution >= 0.6 is 15.9 Å². The van der Waals surface area contributed by atoms with Gasteiger partial charge >= 0.3 is 5.97 Å². The third kappa shape index (κ3) is 8.89. The summed E-state index contributed by atoms with van der Waals surface area (Å²) in [6.45, 7) is 1.87. The highest BCUT2D eigenvalue weighted by atomic mass is 79.9. The number of benzene rings is 2. The summed E-state index contributed by atoms with van der Waals surface area (Å²) in [6.07, 6.45) is 1.25. The van der Waals surface area contributed by atoms with Gasteiger partial charge in [-0.1, -0.05) is 0 Å². The van der Waals surface area contributed by atoms with E-state index in [1.165, 1.54) is 37.6 Å². The molecule has 0 atom stereocenters. The molecule has 0 bridgehead atoms. The maximum Gasteiger partial charge on any atom is 0.343 e. The third-order valence-corrected chi connectivity index (χ3v) is 4.59. The van der Waals surface area contributed by atoms with Crippen LogP contribution in [0.15, 0.2) is 46.0 Å². The molecule has 0 radical (unpaired) electrons. The SMILES string of the molecule is CCOc1cc(C=NNC(=O)CCC(=O)Nc2ccc(F)cc2)cc(Br)c1OCC(=O)OC. The summed E-state index contributed by atoms with van der Waals surface area (Å²) < 4.78 is 29.0. The van der Waals surface area contributed by atoms with Gasteiger partial charge in [-0.05, 0) is 64.8 Å². The van der Waals surface area contributed by atoms with Gasteiger partial charge in [-0.2, -0.15) is 5.10 Å². The molecule has 0 aromatic heterocycles. The van der Waals surface area contributed by atoms with Crippen molar-refractivity contribution in [2.45, 2.75) is 19.8 Å². The molecule has 2 aromatic rings. The van der Waals surface area contributed by atoms with E-state index in [2.05, 4.69) is 36.5 Å². The van der Waals surface area contributed by atoms with Gasteiger partial charge in [0.2, 0.25) is 11.8 Å². The second-order valence-corrected chi connectivity index (χ2v) is 7.33. The normalized spacial score (nSPS) is 10.5. The number of halogens is 2. The van der Waals surface area contributed by atoms with Crippen LogP contribution in [0.5, 0.6) is 11.5 Å². The standard InChI is InChI=1S/C22H23BrFN3O6/c1-3-32-18-11-14(10-17(23)22(18)33-13-21(30)31-2)12-25-27-20(29)9-8-19(28)26-16-6-4-15(24)5-7-16/h4-7,10-12H,3,8-9,13H2,1-2H3,(H,26,28)(H,27,29). The molecule has 11 heteroatoms. The molecule has 0 aliphatic carbocycles. The number of methoxy groups -OCH3 is 1. The summed E-state index contributed by atoms with van der Waals surface area (Å²) >= 11 is 3.36. The lowest BCUT2D eigenvalue weighted by Gasteiger charge is -2.13. The average Bonchev–Trinajstić information content (AvgIpc) is 2.78. The average molecular weight is 524 g/mol. The minimum Gasteiger partial charge on any atom is -0.490 e. The van der Waals surface area contributed by atoms with E-state index in [1.807, 2.05) is 0 Å². The van der Waals surface area contributed by atoms with Crippen LogP contribution < -0.4 is 20.2 Å². The topological polar surface area (TPSA) is 115 Å².